The fraction of sp³-hybridized carbons (Fsp3) is 0.400. The molecule has 3 rings (SSSR count). The number of aromatic nitrogens is 2. The number of nitrogens with one attached hydrogen (secondary N) is 1. The number of aryl methyl sites for hydroxylation is 2. The van der Waals surface area contributed by atoms with Crippen LogP contribution in [-0.4, -0.2) is 26.7 Å². The summed E-state index contributed by atoms with van der Waals surface area (Å²) in [6.07, 6.45) is 0.974. The van der Waals surface area contributed by atoms with Crippen LogP contribution >= 0.6 is 0 Å². The Morgan fingerprint density at radius 2 is 1.83 bits per heavy atom. The second-order valence-electron chi connectivity index (χ2n) is 8.24. The highest BCUT2D eigenvalue weighted by Crippen LogP contribution is 2.26. The standard InChI is InChI=1S/C25H31N3O2/c1-7-17(4)28(13-21-15(2)12-16(3)24(18(21)5)19(6)29)14-23-26-22-11-9-8-10-20(22)25(30)27-23/h8-12,17H,7,13-14H2,1-6H3,(H,26,27,30). The Labute approximate surface area is 178 Å². The van der Waals surface area contributed by atoms with Crippen molar-refractivity contribution in [2.75, 3.05) is 0 Å². The summed E-state index contributed by atoms with van der Waals surface area (Å²) in [6.45, 7) is 13.3. The van der Waals surface area contributed by atoms with Crippen LogP contribution < -0.4 is 5.56 Å². The number of carbonyl (C=O) groups is 1. The van der Waals surface area contributed by atoms with Gasteiger partial charge in [-0.25, -0.2) is 4.98 Å². The van der Waals surface area contributed by atoms with E-state index in [4.69, 9.17) is 0 Å². The van der Waals surface area contributed by atoms with Crippen LogP contribution in [0.15, 0.2) is 35.1 Å². The Bertz CT molecular complexity index is 1150. The SMILES string of the molecule is CCC(C)N(Cc1nc2ccccc2c(=O)[nH]1)Cc1c(C)cc(C)c(C(C)=O)c1C. The second kappa shape index (κ2) is 8.92. The summed E-state index contributed by atoms with van der Waals surface area (Å²) in [4.78, 5) is 34.7. The molecular weight excluding hydrogens is 374 g/mol. The monoisotopic (exact) mass is 405 g/mol. The van der Waals surface area contributed by atoms with Crippen LogP contribution in [0.5, 0.6) is 0 Å². The lowest BCUT2D eigenvalue weighted by Gasteiger charge is -2.30. The molecule has 0 saturated carbocycles. The van der Waals surface area contributed by atoms with Crippen molar-refractivity contribution in [3.05, 3.63) is 74.3 Å². The van der Waals surface area contributed by atoms with E-state index < -0.39 is 0 Å². The highest BCUT2D eigenvalue weighted by Gasteiger charge is 2.20. The van der Waals surface area contributed by atoms with Crippen LogP contribution in [0.2, 0.25) is 0 Å². The molecule has 3 aromatic rings. The quantitative estimate of drug-likeness (QED) is 0.571. The van der Waals surface area contributed by atoms with Gasteiger partial charge in [-0.15, -0.1) is 0 Å². The van der Waals surface area contributed by atoms with Crippen molar-refractivity contribution in [1.82, 2.24) is 14.9 Å². The van der Waals surface area contributed by atoms with Gasteiger partial charge in [0.15, 0.2) is 5.78 Å². The number of hydrogen-bond acceptors (Lipinski definition) is 4. The number of rotatable bonds is 7. The van der Waals surface area contributed by atoms with E-state index in [-0.39, 0.29) is 11.3 Å². The lowest BCUT2D eigenvalue weighted by atomic mass is 9.91. The van der Waals surface area contributed by atoms with Crippen molar-refractivity contribution in [2.24, 2.45) is 0 Å². The summed E-state index contributed by atoms with van der Waals surface area (Å²) < 4.78 is 0. The van der Waals surface area contributed by atoms with Crippen LogP contribution in [0.4, 0.5) is 0 Å². The van der Waals surface area contributed by atoms with Crippen molar-refractivity contribution < 1.29 is 4.79 Å². The number of benzene rings is 2. The van der Waals surface area contributed by atoms with Gasteiger partial charge in [0.05, 0.1) is 17.4 Å². The first-order chi connectivity index (χ1) is 14.2. The molecule has 1 N–H and O–H groups in total. The highest BCUT2D eigenvalue weighted by atomic mass is 16.1. The largest absolute Gasteiger partial charge is 0.309 e. The molecule has 0 saturated heterocycles. The predicted molar refractivity (Wildman–Crippen MR) is 122 cm³/mol. The molecule has 5 nitrogen and oxygen atoms in total. The first kappa shape index (κ1) is 21.9. The highest BCUT2D eigenvalue weighted by molar-refractivity contribution is 5.97. The zero-order valence-corrected chi connectivity index (χ0v) is 18.8. The summed E-state index contributed by atoms with van der Waals surface area (Å²) >= 11 is 0. The van der Waals surface area contributed by atoms with Gasteiger partial charge < -0.3 is 4.98 Å². The van der Waals surface area contributed by atoms with Gasteiger partial charge in [0.1, 0.15) is 5.82 Å². The molecule has 0 aliphatic heterocycles. The van der Waals surface area contributed by atoms with Crippen LogP contribution in [-0.2, 0) is 13.1 Å². The van der Waals surface area contributed by atoms with E-state index in [9.17, 15) is 9.59 Å². The molecule has 2 aromatic carbocycles. The minimum atomic E-state index is -0.110. The smallest absolute Gasteiger partial charge is 0.258 e. The number of ketones is 1. The number of para-hydroxylation sites is 1. The van der Waals surface area contributed by atoms with Crippen molar-refractivity contribution in [2.45, 2.75) is 67.1 Å². The Morgan fingerprint density at radius 3 is 2.50 bits per heavy atom. The third kappa shape index (κ3) is 4.36. The summed E-state index contributed by atoms with van der Waals surface area (Å²) in [7, 11) is 0. The maximum absolute atomic E-state index is 12.5. The fourth-order valence-electron chi connectivity index (χ4n) is 4.24. The molecule has 0 fully saturated rings. The molecule has 1 aromatic heterocycles. The van der Waals surface area contributed by atoms with Gasteiger partial charge in [-0.3, -0.25) is 14.5 Å². The van der Waals surface area contributed by atoms with E-state index in [1.807, 2.05) is 32.0 Å². The molecule has 0 amide bonds. The van der Waals surface area contributed by atoms with E-state index >= 15 is 0 Å². The number of hydrogen-bond donors (Lipinski definition) is 1. The number of fused-ring (bicyclic) bond motifs is 1. The predicted octanol–water partition coefficient (Wildman–Crippen LogP) is 4.85. The van der Waals surface area contributed by atoms with Crippen molar-refractivity contribution in [1.29, 1.82) is 0 Å². The summed E-state index contributed by atoms with van der Waals surface area (Å²) in [6, 6.07) is 9.80. The zero-order chi connectivity index (χ0) is 22.0. The molecule has 1 heterocycles. The topological polar surface area (TPSA) is 66.1 Å². The minimum absolute atomic E-state index is 0.0989. The minimum Gasteiger partial charge on any atom is -0.309 e. The fourth-order valence-corrected chi connectivity index (χ4v) is 4.24. The Kier molecular flexibility index (Phi) is 6.52. The van der Waals surface area contributed by atoms with Gasteiger partial charge in [-0.2, -0.15) is 0 Å². The van der Waals surface area contributed by atoms with E-state index in [1.165, 1.54) is 11.1 Å². The lowest BCUT2D eigenvalue weighted by molar-refractivity contribution is 0.101. The summed E-state index contributed by atoms with van der Waals surface area (Å²) in [5.74, 6) is 0.759. The molecule has 0 spiro atoms. The molecule has 158 valence electrons. The Morgan fingerprint density at radius 1 is 1.13 bits per heavy atom. The van der Waals surface area contributed by atoms with Crippen molar-refractivity contribution >= 4 is 16.7 Å². The van der Waals surface area contributed by atoms with Crippen molar-refractivity contribution in [3.8, 4) is 0 Å². The second-order valence-corrected chi connectivity index (χ2v) is 8.24. The molecule has 0 radical (unpaired) electrons. The Balaban J connectivity index is 2.00. The first-order valence-electron chi connectivity index (χ1n) is 10.6. The zero-order valence-electron chi connectivity index (χ0n) is 18.8. The molecule has 5 heteroatoms. The van der Waals surface area contributed by atoms with Crippen LogP contribution in [0.25, 0.3) is 10.9 Å². The maximum Gasteiger partial charge on any atom is 0.258 e. The van der Waals surface area contributed by atoms with E-state index in [0.717, 1.165) is 23.1 Å². The first-order valence-corrected chi connectivity index (χ1v) is 10.6. The number of nitrogens with zero attached hydrogens (tertiary/aromatic N) is 2. The van der Waals surface area contributed by atoms with E-state index in [0.29, 0.717) is 35.9 Å². The molecule has 1 atom stereocenters. The van der Waals surface area contributed by atoms with Crippen molar-refractivity contribution in [3.63, 3.8) is 0 Å². The van der Waals surface area contributed by atoms with Gasteiger partial charge in [-0.1, -0.05) is 25.1 Å². The summed E-state index contributed by atoms with van der Waals surface area (Å²) in [5, 5.41) is 0.604. The summed E-state index contributed by atoms with van der Waals surface area (Å²) in [5.41, 5.74) is 5.85. The normalized spacial score (nSPS) is 12.5. The third-order valence-electron chi connectivity index (χ3n) is 6.07. The maximum atomic E-state index is 12.5. The van der Waals surface area contributed by atoms with E-state index in [1.54, 1.807) is 13.0 Å². The molecule has 0 aliphatic rings. The van der Waals surface area contributed by atoms with Gasteiger partial charge >= 0.3 is 0 Å². The number of H-pyrrole nitrogens is 1. The molecule has 0 aliphatic carbocycles. The Hall–Kier alpha value is -2.79. The molecule has 30 heavy (non-hydrogen) atoms. The number of aromatic amines is 1. The molecular formula is C25H31N3O2. The van der Waals surface area contributed by atoms with Crippen LogP contribution in [0, 0.1) is 20.8 Å². The van der Waals surface area contributed by atoms with Gasteiger partial charge in [-0.05, 0) is 75.4 Å². The average molecular weight is 406 g/mol. The molecule has 0 bridgehead atoms. The van der Waals surface area contributed by atoms with Gasteiger partial charge in [0.25, 0.3) is 5.56 Å². The van der Waals surface area contributed by atoms with Crippen LogP contribution in [0.1, 0.15) is 65.6 Å². The van der Waals surface area contributed by atoms with Crippen LogP contribution in [0.3, 0.4) is 0 Å². The lowest BCUT2D eigenvalue weighted by Crippen LogP contribution is -2.33. The third-order valence-corrected chi connectivity index (χ3v) is 6.07. The number of Topliss-reactive ketones (excluding diaryl/α,β-unsaturated/α-hetero) is 1. The van der Waals surface area contributed by atoms with Gasteiger partial charge in [0, 0.05) is 18.2 Å². The van der Waals surface area contributed by atoms with E-state index in [2.05, 4.69) is 41.7 Å². The number of carbonyl (C=O) groups excluding carboxylic acids is 1. The van der Waals surface area contributed by atoms with Gasteiger partial charge in [0.2, 0.25) is 0 Å². The molecule has 1 unspecified atom stereocenters. The average Bonchev–Trinajstić information content (AvgIpc) is 2.69.